The van der Waals surface area contributed by atoms with E-state index in [0.717, 1.165) is 38.6 Å². The van der Waals surface area contributed by atoms with Gasteiger partial charge in [-0.05, 0) is 55.6 Å². The van der Waals surface area contributed by atoms with Gasteiger partial charge in [-0.1, -0.05) is 42.5 Å². The van der Waals surface area contributed by atoms with Gasteiger partial charge in [0.2, 0.25) is 0 Å². The van der Waals surface area contributed by atoms with Crippen LogP contribution in [0.5, 0.6) is 5.75 Å². The summed E-state index contributed by atoms with van der Waals surface area (Å²) in [4.78, 5) is 17.7. The van der Waals surface area contributed by atoms with E-state index in [0.29, 0.717) is 11.8 Å². The minimum Gasteiger partial charge on any atom is -0.484 e. The molecule has 1 fully saturated rings. The van der Waals surface area contributed by atoms with Crippen LogP contribution in [0.15, 0.2) is 59.6 Å². The molecule has 1 aliphatic rings. The Kier molecular flexibility index (Phi) is 11.3. The Morgan fingerprint density at radius 1 is 1.09 bits per heavy atom. The number of aliphatic imine (C=N–C) groups is 1. The molecule has 0 spiro atoms. The van der Waals surface area contributed by atoms with Gasteiger partial charge < -0.3 is 21.1 Å². The molecule has 1 heterocycles. The lowest BCUT2D eigenvalue weighted by atomic mass is 10.1. The third-order valence-electron chi connectivity index (χ3n) is 5.46. The highest BCUT2D eigenvalue weighted by atomic mass is 127. The molecule has 4 N–H and O–H groups in total. The molecular formula is C24H34IN5O2. The van der Waals surface area contributed by atoms with Crippen molar-refractivity contribution in [2.45, 2.75) is 25.3 Å². The highest BCUT2D eigenvalue weighted by Gasteiger charge is 2.23. The number of carbonyl (C=O) groups excluding carboxylic acids is 1. The third-order valence-corrected chi connectivity index (χ3v) is 5.46. The highest BCUT2D eigenvalue weighted by molar-refractivity contribution is 14.0. The van der Waals surface area contributed by atoms with Gasteiger partial charge in [-0.3, -0.25) is 14.7 Å². The van der Waals surface area contributed by atoms with Crippen molar-refractivity contribution in [2.75, 3.05) is 39.8 Å². The first-order valence-electron chi connectivity index (χ1n) is 10.9. The summed E-state index contributed by atoms with van der Waals surface area (Å²) in [6, 6.07) is 18.7. The van der Waals surface area contributed by atoms with Gasteiger partial charge in [0.25, 0.3) is 5.91 Å². The van der Waals surface area contributed by atoms with Gasteiger partial charge in [-0.25, -0.2) is 0 Å². The predicted molar refractivity (Wildman–Crippen MR) is 140 cm³/mol. The molecule has 0 aromatic heterocycles. The van der Waals surface area contributed by atoms with Crippen molar-refractivity contribution >= 4 is 35.8 Å². The maximum absolute atomic E-state index is 10.8. The number of hydrogen-bond donors (Lipinski definition) is 3. The summed E-state index contributed by atoms with van der Waals surface area (Å²) < 4.78 is 5.29. The van der Waals surface area contributed by atoms with Crippen molar-refractivity contribution in [3.8, 4) is 5.75 Å². The molecule has 1 saturated heterocycles. The fraction of sp³-hybridized carbons (Fsp3) is 0.417. The van der Waals surface area contributed by atoms with Gasteiger partial charge in [0, 0.05) is 20.1 Å². The summed E-state index contributed by atoms with van der Waals surface area (Å²) >= 11 is 0. The summed E-state index contributed by atoms with van der Waals surface area (Å²) in [7, 11) is 1.80. The van der Waals surface area contributed by atoms with Crippen LogP contribution in [-0.4, -0.2) is 56.6 Å². The smallest absolute Gasteiger partial charge is 0.255 e. The number of ether oxygens (including phenoxy) is 1. The van der Waals surface area contributed by atoms with Crippen LogP contribution in [-0.2, 0) is 11.2 Å². The second-order valence-corrected chi connectivity index (χ2v) is 7.70. The van der Waals surface area contributed by atoms with E-state index < -0.39 is 5.91 Å². The molecule has 1 amide bonds. The number of primary amides is 1. The van der Waals surface area contributed by atoms with Crippen LogP contribution in [0.1, 0.15) is 30.0 Å². The molecule has 1 atom stereocenters. The highest BCUT2D eigenvalue weighted by Crippen LogP contribution is 2.24. The molecule has 0 saturated carbocycles. The molecule has 2 aromatic rings. The number of rotatable bonds is 10. The standard InChI is InChI=1S/C24H33N5O2.HI/c1-26-24(27-14-13-19-9-11-21(12-10-19)31-18-23(25)30)28-17-22(29-15-5-6-16-29)20-7-3-2-4-8-20;/h2-4,7-12,22H,5-6,13-18H2,1H3,(H2,25,30)(H2,26,27,28);1H. The summed E-state index contributed by atoms with van der Waals surface area (Å²) in [5, 5.41) is 6.90. The normalized spacial score (nSPS) is 15.0. The number of halogens is 1. The average molecular weight is 551 g/mol. The number of carbonyl (C=O) groups is 1. The van der Waals surface area contributed by atoms with E-state index in [1.54, 1.807) is 7.05 Å². The summed E-state index contributed by atoms with van der Waals surface area (Å²) in [6.45, 7) is 3.76. The van der Waals surface area contributed by atoms with Crippen LogP contribution >= 0.6 is 24.0 Å². The fourth-order valence-corrected chi connectivity index (χ4v) is 3.83. The largest absolute Gasteiger partial charge is 0.484 e. The van der Waals surface area contributed by atoms with Crippen molar-refractivity contribution in [3.63, 3.8) is 0 Å². The number of guanidine groups is 1. The fourth-order valence-electron chi connectivity index (χ4n) is 3.83. The van der Waals surface area contributed by atoms with E-state index in [-0.39, 0.29) is 30.6 Å². The minimum atomic E-state index is -0.480. The monoisotopic (exact) mass is 551 g/mol. The molecule has 3 rings (SSSR count). The molecule has 0 bridgehead atoms. The van der Waals surface area contributed by atoms with Crippen LogP contribution in [0.2, 0.25) is 0 Å². The Bertz CT molecular complexity index is 839. The maximum atomic E-state index is 10.8. The number of nitrogens with zero attached hydrogens (tertiary/aromatic N) is 2. The third kappa shape index (κ3) is 8.31. The Labute approximate surface area is 207 Å². The van der Waals surface area contributed by atoms with Gasteiger partial charge >= 0.3 is 0 Å². The predicted octanol–water partition coefficient (Wildman–Crippen LogP) is 2.71. The quantitative estimate of drug-likeness (QED) is 0.240. The number of amides is 1. The van der Waals surface area contributed by atoms with Crippen LogP contribution in [0.25, 0.3) is 0 Å². The lowest BCUT2D eigenvalue weighted by molar-refractivity contribution is -0.119. The molecule has 8 heteroatoms. The van der Waals surface area contributed by atoms with Crippen LogP contribution < -0.4 is 21.1 Å². The molecule has 32 heavy (non-hydrogen) atoms. The van der Waals surface area contributed by atoms with Crippen LogP contribution in [0.4, 0.5) is 0 Å². The van der Waals surface area contributed by atoms with E-state index in [1.165, 1.54) is 24.0 Å². The number of benzene rings is 2. The summed E-state index contributed by atoms with van der Waals surface area (Å²) in [5.74, 6) is 0.967. The van der Waals surface area contributed by atoms with Crippen molar-refractivity contribution in [2.24, 2.45) is 10.7 Å². The first kappa shape index (κ1) is 25.9. The maximum Gasteiger partial charge on any atom is 0.255 e. The zero-order valence-corrected chi connectivity index (χ0v) is 21.0. The zero-order chi connectivity index (χ0) is 21.9. The Hall–Kier alpha value is -2.33. The van der Waals surface area contributed by atoms with Crippen LogP contribution in [0, 0.1) is 0 Å². The average Bonchev–Trinajstić information content (AvgIpc) is 3.33. The van der Waals surface area contributed by atoms with E-state index >= 15 is 0 Å². The van der Waals surface area contributed by atoms with Gasteiger partial charge in [0.15, 0.2) is 12.6 Å². The Balaban J connectivity index is 0.00000363. The van der Waals surface area contributed by atoms with Crippen molar-refractivity contribution in [1.82, 2.24) is 15.5 Å². The first-order chi connectivity index (χ1) is 15.2. The lowest BCUT2D eigenvalue weighted by Crippen LogP contribution is -2.43. The molecule has 7 nitrogen and oxygen atoms in total. The van der Waals surface area contributed by atoms with Crippen molar-refractivity contribution < 1.29 is 9.53 Å². The molecular weight excluding hydrogens is 517 g/mol. The van der Waals surface area contributed by atoms with E-state index in [9.17, 15) is 4.79 Å². The Morgan fingerprint density at radius 2 is 1.78 bits per heavy atom. The Morgan fingerprint density at radius 3 is 2.41 bits per heavy atom. The number of nitrogens with one attached hydrogen (secondary N) is 2. The molecule has 0 radical (unpaired) electrons. The van der Waals surface area contributed by atoms with Gasteiger partial charge in [-0.15, -0.1) is 24.0 Å². The number of nitrogens with two attached hydrogens (primary N) is 1. The lowest BCUT2D eigenvalue weighted by Gasteiger charge is -2.29. The van der Waals surface area contributed by atoms with E-state index in [2.05, 4.69) is 50.9 Å². The zero-order valence-electron chi connectivity index (χ0n) is 18.6. The summed E-state index contributed by atoms with van der Waals surface area (Å²) in [6.07, 6.45) is 3.39. The van der Waals surface area contributed by atoms with Gasteiger partial charge in [0.05, 0.1) is 6.04 Å². The number of hydrogen-bond acceptors (Lipinski definition) is 4. The molecule has 1 aliphatic heterocycles. The molecule has 0 aliphatic carbocycles. The van der Waals surface area contributed by atoms with Crippen LogP contribution in [0.3, 0.4) is 0 Å². The van der Waals surface area contributed by atoms with Crippen molar-refractivity contribution in [3.05, 3.63) is 65.7 Å². The molecule has 174 valence electrons. The van der Waals surface area contributed by atoms with Crippen molar-refractivity contribution in [1.29, 1.82) is 0 Å². The van der Waals surface area contributed by atoms with Gasteiger partial charge in [-0.2, -0.15) is 0 Å². The minimum absolute atomic E-state index is 0. The molecule has 2 aromatic carbocycles. The second-order valence-electron chi connectivity index (χ2n) is 7.70. The second kappa shape index (κ2) is 13.9. The SMILES string of the molecule is CN=C(NCCc1ccc(OCC(N)=O)cc1)NCC(c1ccccc1)N1CCCC1.I. The van der Waals surface area contributed by atoms with Gasteiger partial charge in [0.1, 0.15) is 5.75 Å². The molecule has 1 unspecified atom stereocenters. The van der Waals surface area contributed by atoms with E-state index in [1.807, 2.05) is 24.3 Å². The topological polar surface area (TPSA) is 92.0 Å². The first-order valence-corrected chi connectivity index (χ1v) is 10.9. The van der Waals surface area contributed by atoms with E-state index in [4.69, 9.17) is 10.5 Å². The number of likely N-dealkylation sites (tertiary alicyclic amines) is 1. The summed E-state index contributed by atoms with van der Waals surface area (Å²) in [5.41, 5.74) is 7.61.